The van der Waals surface area contributed by atoms with E-state index in [0.717, 1.165) is 18.2 Å². The lowest BCUT2D eigenvalue weighted by Gasteiger charge is -2.31. The van der Waals surface area contributed by atoms with Crippen molar-refractivity contribution in [3.8, 4) is 12.3 Å². The molecule has 0 fully saturated rings. The molecule has 0 aliphatic rings. The van der Waals surface area contributed by atoms with Gasteiger partial charge in [-0.15, -0.1) is 6.42 Å². The number of halogens is 2. The fourth-order valence-corrected chi connectivity index (χ4v) is 2.21. The zero-order chi connectivity index (χ0) is 20.0. The maximum atomic E-state index is 13.5. The van der Waals surface area contributed by atoms with Gasteiger partial charge in [0.25, 0.3) is 5.92 Å². The minimum atomic E-state index is -2.75. The second-order valence-corrected chi connectivity index (χ2v) is 7.09. The molecule has 26 heavy (non-hydrogen) atoms. The number of ether oxygens (including phenoxy) is 1. The summed E-state index contributed by atoms with van der Waals surface area (Å²) in [6, 6.07) is 3.59. The van der Waals surface area contributed by atoms with Gasteiger partial charge in [0.05, 0.1) is 18.3 Å². The van der Waals surface area contributed by atoms with Crippen molar-refractivity contribution in [2.24, 2.45) is 5.41 Å². The van der Waals surface area contributed by atoms with Gasteiger partial charge < -0.3 is 10.5 Å². The molecule has 1 aromatic heterocycles. The summed E-state index contributed by atoms with van der Waals surface area (Å²) in [4.78, 5) is 4.22. The maximum Gasteiger partial charge on any atom is 0.250 e. The number of terminal acetylenes is 1. The standard InChI is InChI=1S/C21H28F2N2O/c1-7-17(18-11-12-19(24)25-16(18)3)10-8-9-15(2)26-14-13-20(4,5)21(6,22)23/h1,8-12,17H,13-14H2,2-6H3,(H2,24,25)/b10-8-,15-9+. The summed E-state index contributed by atoms with van der Waals surface area (Å²) in [5.74, 6) is 0.821. The van der Waals surface area contributed by atoms with E-state index >= 15 is 0 Å². The summed E-state index contributed by atoms with van der Waals surface area (Å²) >= 11 is 0. The normalized spacial score (nSPS) is 14.3. The lowest BCUT2D eigenvalue weighted by atomic mass is 9.83. The second-order valence-electron chi connectivity index (χ2n) is 7.09. The number of aryl methyl sites for hydroxylation is 1. The van der Waals surface area contributed by atoms with Gasteiger partial charge >= 0.3 is 0 Å². The van der Waals surface area contributed by atoms with E-state index in [1.54, 1.807) is 25.1 Å². The number of alkyl halides is 2. The van der Waals surface area contributed by atoms with Gasteiger partial charge in [0.1, 0.15) is 5.82 Å². The van der Waals surface area contributed by atoms with Crippen molar-refractivity contribution in [2.45, 2.75) is 52.9 Å². The predicted octanol–water partition coefficient (Wildman–Crippen LogP) is 5.24. The number of hydrogen-bond acceptors (Lipinski definition) is 3. The number of hydrogen-bond donors (Lipinski definition) is 1. The molecule has 0 aromatic carbocycles. The zero-order valence-electron chi connectivity index (χ0n) is 16.1. The zero-order valence-corrected chi connectivity index (χ0v) is 16.1. The quantitative estimate of drug-likeness (QED) is 0.391. The van der Waals surface area contributed by atoms with Gasteiger partial charge in [0.2, 0.25) is 0 Å². The van der Waals surface area contributed by atoms with Crippen LogP contribution in [0.1, 0.15) is 51.3 Å². The molecule has 2 N–H and O–H groups in total. The molecule has 0 aliphatic carbocycles. The van der Waals surface area contributed by atoms with E-state index in [0.29, 0.717) is 11.6 Å². The van der Waals surface area contributed by atoms with Crippen LogP contribution >= 0.6 is 0 Å². The van der Waals surface area contributed by atoms with Gasteiger partial charge in [-0.3, -0.25) is 0 Å². The summed E-state index contributed by atoms with van der Waals surface area (Å²) in [5.41, 5.74) is 6.25. The fourth-order valence-electron chi connectivity index (χ4n) is 2.21. The number of anilines is 1. The van der Waals surface area contributed by atoms with Gasteiger partial charge in [-0.25, -0.2) is 13.8 Å². The number of nitrogens with zero attached hydrogens (tertiary/aromatic N) is 1. The van der Waals surface area contributed by atoms with Gasteiger partial charge in [-0.05, 0) is 44.9 Å². The van der Waals surface area contributed by atoms with Crippen LogP contribution in [0.3, 0.4) is 0 Å². The van der Waals surface area contributed by atoms with Crippen LogP contribution in [-0.4, -0.2) is 17.5 Å². The van der Waals surface area contributed by atoms with Crippen LogP contribution in [0.4, 0.5) is 14.6 Å². The van der Waals surface area contributed by atoms with Gasteiger partial charge in [0.15, 0.2) is 0 Å². The Bertz CT molecular complexity index is 710. The van der Waals surface area contributed by atoms with E-state index in [9.17, 15) is 8.78 Å². The molecular weight excluding hydrogens is 334 g/mol. The third kappa shape index (κ3) is 6.18. The Morgan fingerprint density at radius 2 is 2.04 bits per heavy atom. The molecule has 0 spiro atoms. The third-order valence-corrected chi connectivity index (χ3v) is 4.54. The van der Waals surface area contributed by atoms with Crippen LogP contribution in [0.25, 0.3) is 0 Å². The highest BCUT2D eigenvalue weighted by atomic mass is 19.3. The molecule has 0 aliphatic heterocycles. The first-order chi connectivity index (χ1) is 12.0. The highest BCUT2D eigenvalue weighted by Crippen LogP contribution is 2.38. The first-order valence-corrected chi connectivity index (χ1v) is 8.53. The average Bonchev–Trinajstić information content (AvgIpc) is 2.51. The lowest BCUT2D eigenvalue weighted by Crippen LogP contribution is -2.34. The first kappa shape index (κ1) is 21.7. The minimum Gasteiger partial charge on any atom is -0.498 e. The highest BCUT2D eigenvalue weighted by Gasteiger charge is 2.41. The number of rotatable bonds is 8. The van der Waals surface area contributed by atoms with Gasteiger partial charge in [-0.2, -0.15) is 0 Å². The SMILES string of the molecule is C#CC(/C=C\C=C(/C)OCCC(C)(C)C(C)(F)F)c1ccc(N)nc1C. The Morgan fingerprint density at radius 3 is 2.58 bits per heavy atom. The fraction of sp³-hybridized carbons (Fsp3) is 0.476. The van der Waals surface area contributed by atoms with Crippen LogP contribution in [-0.2, 0) is 4.74 Å². The molecule has 0 bridgehead atoms. The second kappa shape index (κ2) is 8.84. The predicted molar refractivity (Wildman–Crippen MR) is 103 cm³/mol. The van der Waals surface area contributed by atoms with E-state index in [1.807, 2.05) is 19.1 Å². The van der Waals surface area contributed by atoms with Crippen molar-refractivity contribution in [3.63, 3.8) is 0 Å². The number of aromatic nitrogens is 1. The summed E-state index contributed by atoms with van der Waals surface area (Å²) in [5, 5.41) is 0. The van der Waals surface area contributed by atoms with Crippen LogP contribution < -0.4 is 5.73 Å². The van der Waals surface area contributed by atoms with Crippen LogP contribution in [0, 0.1) is 24.7 Å². The van der Waals surface area contributed by atoms with Crippen molar-refractivity contribution >= 4 is 5.82 Å². The van der Waals surface area contributed by atoms with Gasteiger partial charge in [-0.1, -0.05) is 38.0 Å². The molecule has 1 heterocycles. The Labute approximate surface area is 155 Å². The van der Waals surface area contributed by atoms with Crippen LogP contribution in [0.2, 0.25) is 0 Å². The van der Waals surface area contributed by atoms with Crippen LogP contribution in [0.5, 0.6) is 0 Å². The molecule has 3 nitrogen and oxygen atoms in total. The third-order valence-electron chi connectivity index (χ3n) is 4.54. The van der Waals surface area contributed by atoms with E-state index in [4.69, 9.17) is 16.9 Å². The molecule has 0 saturated heterocycles. The molecule has 5 heteroatoms. The largest absolute Gasteiger partial charge is 0.498 e. The Kier molecular flexibility index (Phi) is 7.38. The molecular formula is C21H28F2N2O. The first-order valence-electron chi connectivity index (χ1n) is 8.53. The van der Waals surface area contributed by atoms with E-state index in [1.165, 1.54) is 13.8 Å². The van der Waals surface area contributed by atoms with Crippen molar-refractivity contribution < 1.29 is 13.5 Å². The van der Waals surface area contributed by atoms with Gasteiger partial charge in [0, 0.05) is 11.1 Å². The monoisotopic (exact) mass is 362 g/mol. The molecule has 0 radical (unpaired) electrons. The number of nitrogen functional groups attached to an aromatic ring is 1. The number of nitrogens with two attached hydrogens (primary N) is 1. The minimum absolute atomic E-state index is 0.228. The van der Waals surface area contributed by atoms with Crippen molar-refractivity contribution in [2.75, 3.05) is 12.3 Å². The molecule has 0 amide bonds. The van der Waals surface area contributed by atoms with Crippen molar-refractivity contribution in [1.29, 1.82) is 0 Å². The van der Waals surface area contributed by atoms with Crippen LogP contribution in [0.15, 0.2) is 36.1 Å². The van der Waals surface area contributed by atoms with E-state index < -0.39 is 11.3 Å². The van der Waals surface area contributed by atoms with E-state index in [-0.39, 0.29) is 18.9 Å². The number of allylic oxidation sites excluding steroid dienone is 4. The lowest BCUT2D eigenvalue weighted by molar-refractivity contribution is -0.0981. The highest BCUT2D eigenvalue weighted by molar-refractivity contribution is 5.40. The number of pyridine rings is 1. The Morgan fingerprint density at radius 1 is 1.38 bits per heavy atom. The maximum absolute atomic E-state index is 13.5. The summed E-state index contributed by atoms with van der Waals surface area (Å²) in [6.45, 7) is 7.88. The molecule has 0 saturated carbocycles. The molecule has 1 aromatic rings. The molecule has 1 rings (SSSR count). The summed E-state index contributed by atoms with van der Waals surface area (Å²) in [6.07, 6.45) is 11.3. The topological polar surface area (TPSA) is 48.1 Å². The molecule has 1 unspecified atom stereocenters. The van der Waals surface area contributed by atoms with Crippen molar-refractivity contribution in [1.82, 2.24) is 4.98 Å². The Balaban J connectivity index is 2.66. The average molecular weight is 362 g/mol. The van der Waals surface area contributed by atoms with Crippen molar-refractivity contribution in [3.05, 3.63) is 47.4 Å². The smallest absolute Gasteiger partial charge is 0.250 e. The van der Waals surface area contributed by atoms with E-state index in [2.05, 4.69) is 10.9 Å². The Hall–Kier alpha value is -2.35. The summed E-state index contributed by atoms with van der Waals surface area (Å²) in [7, 11) is 0. The molecule has 142 valence electrons. The molecule has 1 atom stereocenters. The summed E-state index contributed by atoms with van der Waals surface area (Å²) < 4.78 is 32.5.